The number of likely N-dealkylation sites (N-methyl/N-ethyl adjacent to an activating group) is 1. The number of nitrogens with zero attached hydrogens (tertiary/aromatic N) is 1. The van der Waals surface area contributed by atoms with Crippen LogP contribution >= 0.6 is 0 Å². The lowest BCUT2D eigenvalue weighted by Crippen LogP contribution is -2.36. The lowest BCUT2D eigenvalue weighted by Gasteiger charge is -2.23. The van der Waals surface area contributed by atoms with Crippen molar-refractivity contribution in [3.8, 4) is 5.75 Å². The first kappa shape index (κ1) is 14.8. The second kappa shape index (κ2) is 7.27. The molecule has 0 amide bonds. The van der Waals surface area contributed by atoms with Crippen LogP contribution in [0.1, 0.15) is 20.8 Å². The first-order chi connectivity index (χ1) is 8.54. The Hall–Kier alpha value is -1.22. The number of anilines is 1. The van der Waals surface area contributed by atoms with E-state index < -0.39 is 0 Å². The van der Waals surface area contributed by atoms with Gasteiger partial charge in [-0.05, 0) is 25.0 Å². The molecule has 3 heteroatoms. The van der Waals surface area contributed by atoms with Crippen molar-refractivity contribution in [2.75, 3.05) is 32.1 Å². The minimum absolute atomic E-state index is 0.559. The Morgan fingerprint density at radius 2 is 2.00 bits per heavy atom. The quantitative estimate of drug-likeness (QED) is 0.805. The highest BCUT2D eigenvalue weighted by molar-refractivity contribution is 5.50. The van der Waals surface area contributed by atoms with Crippen LogP contribution in [0.25, 0.3) is 0 Å². The van der Waals surface area contributed by atoms with Crippen molar-refractivity contribution >= 4 is 5.69 Å². The van der Waals surface area contributed by atoms with Crippen LogP contribution in [-0.2, 0) is 0 Å². The molecule has 0 aliphatic carbocycles. The molecule has 0 aliphatic rings. The molecule has 0 bridgehead atoms. The van der Waals surface area contributed by atoms with E-state index in [0.29, 0.717) is 12.0 Å². The third-order valence-electron chi connectivity index (χ3n) is 3.41. The van der Waals surface area contributed by atoms with Gasteiger partial charge in [0.05, 0.1) is 7.11 Å². The molecule has 18 heavy (non-hydrogen) atoms. The van der Waals surface area contributed by atoms with Crippen molar-refractivity contribution in [3.63, 3.8) is 0 Å². The maximum atomic E-state index is 5.24. The van der Waals surface area contributed by atoms with E-state index in [4.69, 9.17) is 4.74 Å². The van der Waals surface area contributed by atoms with Gasteiger partial charge in [-0.3, -0.25) is 0 Å². The number of ether oxygens (including phenoxy) is 1. The SMILES string of the molecule is COc1cccc(N(C)CCNC(C)C(C)C)c1. The number of benzene rings is 1. The second-order valence-electron chi connectivity index (χ2n) is 5.11. The smallest absolute Gasteiger partial charge is 0.120 e. The Bertz CT molecular complexity index is 352. The van der Waals surface area contributed by atoms with Crippen LogP contribution in [0.3, 0.4) is 0 Å². The zero-order valence-corrected chi connectivity index (χ0v) is 12.2. The third kappa shape index (κ3) is 4.57. The predicted molar refractivity (Wildman–Crippen MR) is 78.6 cm³/mol. The molecule has 0 aliphatic heterocycles. The van der Waals surface area contributed by atoms with E-state index in [0.717, 1.165) is 18.8 Å². The van der Waals surface area contributed by atoms with Gasteiger partial charge in [0.2, 0.25) is 0 Å². The van der Waals surface area contributed by atoms with E-state index in [1.165, 1.54) is 5.69 Å². The van der Waals surface area contributed by atoms with Crippen molar-refractivity contribution in [2.45, 2.75) is 26.8 Å². The summed E-state index contributed by atoms with van der Waals surface area (Å²) in [5, 5.41) is 3.54. The highest BCUT2D eigenvalue weighted by atomic mass is 16.5. The van der Waals surface area contributed by atoms with Gasteiger partial charge in [-0.1, -0.05) is 19.9 Å². The van der Waals surface area contributed by atoms with E-state index in [9.17, 15) is 0 Å². The molecule has 0 aromatic heterocycles. The summed E-state index contributed by atoms with van der Waals surface area (Å²) in [5.74, 6) is 1.58. The summed E-state index contributed by atoms with van der Waals surface area (Å²) < 4.78 is 5.24. The van der Waals surface area contributed by atoms with Crippen molar-refractivity contribution in [2.24, 2.45) is 5.92 Å². The number of rotatable bonds is 7. The van der Waals surface area contributed by atoms with Gasteiger partial charge in [0, 0.05) is 37.9 Å². The normalized spacial score (nSPS) is 12.6. The summed E-state index contributed by atoms with van der Waals surface area (Å²) in [6.07, 6.45) is 0. The highest BCUT2D eigenvalue weighted by Crippen LogP contribution is 2.19. The fraction of sp³-hybridized carbons (Fsp3) is 0.600. The largest absolute Gasteiger partial charge is 0.497 e. The summed E-state index contributed by atoms with van der Waals surface area (Å²) in [5.41, 5.74) is 1.19. The molecular weight excluding hydrogens is 224 g/mol. The summed E-state index contributed by atoms with van der Waals surface area (Å²) in [6.45, 7) is 8.69. The average molecular weight is 250 g/mol. The fourth-order valence-corrected chi connectivity index (χ4v) is 1.67. The molecule has 0 saturated carbocycles. The molecule has 1 aromatic rings. The van der Waals surface area contributed by atoms with Crippen LogP contribution in [-0.4, -0.2) is 33.3 Å². The second-order valence-corrected chi connectivity index (χ2v) is 5.11. The Morgan fingerprint density at radius 1 is 1.28 bits per heavy atom. The van der Waals surface area contributed by atoms with Crippen molar-refractivity contribution in [1.29, 1.82) is 0 Å². The van der Waals surface area contributed by atoms with Crippen LogP contribution < -0.4 is 15.0 Å². The van der Waals surface area contributed by atoms with Crippen LogP contribution in [0.15, 0.2) is 24.3 Å². The molecule has 1 unspecified atom stereocenters. The van der Waals surface area contributed by atoms with Crippen molar-refractivity contribution in [3.05, 3.63) is 24.3 Å². The summed E-state index contributed by atoms with van der Waals surface area (Å²) in [7, 11) is 3.81. The highest BCUT2D eigenvalue weighted by Gasteiger charge is 2.06. The number of hydrogen-bond acceptors (Lipinski definition) is 3. The summed E-state index contributed by atoms with van der Waals surface area (Å²) in [4.78, 5) is 2.24. The molecule has 0 saturated heterocycles. The fourth-order valence-electron chi connectivity index (χ4n) is 1.67. The molecule has 0 radical (unpaired) electrons. The molecule has 0 heterocycles. The van der Waals surface area contributed by atoms with E-state index in [-0.39, 0.29) is 0 Å². The number of hydrogen-bond donors (Lipinski definition) is 1. The maximum absolute atomic E-state index is 5.24. The molecule has 1 aromatic carbocycles. The lowest BCUT2D eigenvalue weighted by molar-refractivity contribution is 0.414. The monoisotopic (exact) mass is 250 g/mol. The molecule has 102 valence electrons. The van der Waals surface area contributed by atoms with Crippen LogP contribution in [0.5, 0.6) is 5.75 Å². The molecule has 1 rings (SSSR count). The van der Waals surface area contributed by atoms with Gasteiger partial charge in [-0.15, -0.1) is 0 Å². The number of nitrogens with one attached hydrogen (secondary N) is 1. The van der Waals surface area contributed by atoms with Crippen LogP contribution in [0.4, 0.5) is 5.69 Å². The molecule has 0 fully saturated rings. The van der Waals surface area contributed by atoms with Crippen molar-refractivity contribution < 1.29 is 4.74 Å². The molecule has 1 N–H and O–H groups in total. The van der Waals surface area contributed by atoms with Gasteiger partial charge < -0.3 is 15.0 Å². The predicted octanol–water partition coefficient (Wildman–Crippen LogP) is 2.77. The van der Waals surface area contributed by atoms with Crippen molar-refractivity contribution in [1.82, 2.24) is 5.32 Å². The number of methoxy groups -OCH3 is 1. The topological polar surface area (TPSA) is 24.5 Å². The molecule has 1 atom stereocenters. The Labute approximate surface area is 111 Å². The lowest BCUT2D eigenvalue weighted by atomic mass is 10.1. The first-order valence-electron chi connectivity index (χ1n) is 6.63. The van der Waals surface area contributed by atoms with Gasteiger partial charge in [0.25, 0.3) is 0 Å². The Morgan fingerprint density at radius 3 is 2.61 bits per heavy atom. The maximum Gasteiger partial charge on any atom is 0.120 e. The van der Waals surface area contributed by atoms with E-state index in [2.05, 4.69) is 50.2 Å². The van der Waals surface area contributed by atoms with Crippen LogP contribution in [0.2, 0.25) is 0 Å². The van der Waals surface area contributed by atoms with Gasteiger partial charge in [0.1, 0.15) is 5.75 Å². The molecule has 0 spiro atoms. The van der Waals surface area contributed by atoms with Gasteiger partial charge in [0.15, 0.2) is 0 Å². The van der Waals surface area contributed by atoms with E-state index in [1.54, 1.807) is 7.11 Å². The molecular formula is C15H26N2O. The van der Waals surface area contributed by atoms with E-state index >= 15 is 0 Å². The van der Waals surface area contributed by atoms with Crippen LogP contribution in [0, 0.1) is 5.92 Å². The molecule has 3 nitrogen and oxygen atoms in total. The minimum Gasteiger partial charge on any atom is -0.497 e. The zero-order valence-electron chi connectivity index (χ0n) is 12.2. The van der Waals surface area contributed by atoms with Gasteiger partial charge in [-0.2, -0.15) is 0 Å². The van der Waals surface area contributed by atoms with Gasteiger partial charge in [-0.25, -0.2) is 0 Å². The standard InChI is InChI=1S/C15H26N2O/c1-12(2)13(3)16-9-10-17(4)14-7-6-8-15(11-14)18-5/h6-8,11-13,16H,9-10H2,1-5H3. The minimum atomic E-state index is 0.559. The Kier molecular flexibility index (Phi) is 5.99. The van der Waals surface area contributed by atoms with E-state index in [1.807, 2.05) is 12.1 Å². The summed E-state index contributed by atoms with van der Waals surface area (Å²) >= 11 is 0. The first-order valence-corrected chi connectivity index (χ1v) is 6.63. The Balaban J connectivity index is 2.42. The summed E-state index contributed by atoms with van der Waals surface area (Å²) in [6, 6.07) is 8.72. The third-order valence-corrected chi connectivity index (χ3v) is 3.41. The van der Waals surface area contributed by atoms with Gasteiger partial charge >= 0.3 is 0 Å². The average Bonchev–Trinajstić information content (AvgIpc) is 2.38. The zero-order chi connectivity index (χ0) is 13.5.